The van der Waals surface area contributed by atoms with Gasteiger partial charge < -0.3 is 0 Å². The molecule has 96 valence electrons. The second-order valence-corrected chi connectivity index (χ2v) is 5.06. The Morgan fingerprint density at radius 3 is 2.74 bits per heavy atom. The minimum atomic E-state index is 0.222. The van der Waals surface area contributed by atoms with Gasteiger partial charge in [-0.2, -0.15) is 5.10 Å². The molecule has 0 fully saturated rings. The number of aromatic nitrogens is 4. The maximum absolute atomic E-state index is 6.07. The van der Waals surface area contributed by atoms with Crippen molar-refractivity contribution < 1.29 is 0 Å². The van der Waals surface area contributed by atoms with Crippen molar-refractivity contribution in [2.45, 2.75) is 19.8 Å². The molecule has 3 rings (SSSR count). The van der Waals surface area contributed by atoms with Crippen molar-refractivity contribution in [3.05, 3.63) is 47.5 Å². The van der Waals surface area contributed by atoms with Crippen LogP contribution >= 0.6 is 11.6 Å². The first kappa shape index (κ1) is 12.1. The largest absolute Gasteiger partial charge is 0.221 e. The molecule has 0 spiro atoms. The molecule has 0 unspecified atom stereocenters. The molecule has 0 aliphatic rings. The number of fused-ring (bicyclic) bond motifs is 1. The van der Waals surface area contributed by atoms with Gasteiger partial charge in [-0.3, -0.25) is 0 Å². The van der Waals surface area contributed by atoms with Crippen LogP contribution in [0.1, 0.15) is 25.6 Å². The SMILES string of the molecule is CC(C)c1nc(Cl)cc(-n2ncc3ccccc32)n1. The van der Waals surface area contributed by atoms with Crippen LogP contribution in [-0.4, -0.2) is 19.7 Å². The van der Waals surface area contributed by atoms with Crippen LogP contribution in [0, 0.1) is 0 Å². The summed E-state index contributed by atoms with van der Waals surface area (Å²) in [7, 11) is 0. The fourth-order valence-corrected chi connectivity index (χ4v) is 2.13. The van der Waals surface area contributed by atoms with E-state index in [4.69, 9.17) is 11.6 Å². The van der Waals surface area contributed by atoms with Gasteiger partial charge in [-0.1, -0.05) is 43.6 Å². The van der Waals surface area contributed by atoms with Crippen molar-refractivity contribution in [3.63, 3.8) is 0 Å². The number of para-hydroxylation sites is 1. The first-order valence-corrected chi connectivity index (χ1v) is 6.50. The minimum Gasteiger partial charge on any atom is -0.221 e. The molecule has 5 heteroatoms. The van der Waals surface area contributed by atoms with Crippen molar-refractivity contribution in [2.24, 2.45) is 0 Å². The van der Waals surface area contributed by atoms with Crippen molar-refractivity contribution in [1.29, 1.82) is 0 Å². The Kier molecular flexibility index (Phi) is 2.95. The zero-order chi connectivity index (χ0) is 13.4. The summed E-state index contributed by atoms with van der Waals surface area (Å²) in [5.41, 5.74) is 1.01. The maximum Gasteiger partial charge on any atom is 0.159 e. The molecule has 0 N–H and O–H groups in total. The summed E-state index contributed by atoms with van der Waals surface area (Å²) >= 11 is 6.07. The van der Waals surface area contributed by atoms with Crippen molar-refractivity contribution in [2.75, 3.05) is 0 Å². The van der Waals surface area contributed by atoms with Gasteiger partial charge in [-0.15, -0.1) is 0 Å². The third-order valence-electron chi connectivity index (χ3n) is 2.91. The van der Waals surface area contributed by atoms with Crippen LogP contribution in [0.25, 0.3) is 16.7 Å². The minimum absolute atomic E-state index is 0.222. The highest BCUT2D eigenvalue weighted by Crippen LogP contribution is 2.20. The third-order valence-corrected chi connectivity index (χ3v) is 3.10. The van der Waals surface area contributed by atoms with Gasteiger partial charge in [0.25, 0.3) is 0 Å². The molecule has 4 nitrogen and oxygen atoms in total. The van der Waals surface area contributed by atoms with Crippen LogP contribution in [0.4, 0.5) is 0 Å². The van der Waals surface area contributed by atoms with Crippen LogP contribution in [0.5, 0.6) is 0 Å². The van der Waals surface area contributed by atoms with E-state index in [2.05, 4.69) is 15.1 Å². The van der Waals surface area contributed by atoms with E-state index >= 15 is 0 Å². The lowest BCUT2D eigenvalue weighted by atomic mass is 10.2. The topological polar surface area (TPSA) is 43.6 Å². The van der Waals surface area contributed by atoms with E-state index in [-0.39, 0.29) is 5.92 Å². The summed E-state index contributed by atoms with van der Waals surface area (Å²) in [6.45, 7) is 4.08. The summed E-state index contributed by atoms with van der Waals surface area (Å²) in [5, 5.41) is 5.89. The smallest absolute Gasteiger partial charge is 0.159 e. The number of benzene rings is 1. The van der Waals surface area contributed by atoms with Crippen LogP contribution in [0.15, 0.2) is 36.5 Å². The van der Waals surface area contributed by atoms with Gasteiger partial charge >= 0.3 is 0 Å². The van der Waals surface area contributed by atoms with Crippen molar-refractivity contribution >= 4 is 22.5 Å². The van der Waals surface area contributed by atoms with E-state index in [1.165, 1.54) is 0 Å². The standard InChI is InChI=1S/C14H13ClN4/c1-9(2)14-17-12(15)7-13(18-14)19-11-6-4-3-5-10(11)8-16-19/h3-9H,1-2H3. The van der Waals surface area contributed by atoms with Gasteiger partial charge in [-0.05, 0) is 6.07 Å². The lowest BCUT2D eigenvalue weighted by Gasteiger charge is -2.08. The van der Waals surface area contributed by atoms with E-state index in [9.17, 15) is 0 Å². The highest BCUT2D eigenvalue weighted by atomic mass is 35.5. The molecule has 0 bridgehead atoms. The predicted octanol–water partition coefficient (Wildman–Crippen LogP) is 3.59. The molecule has 2 aromatic heterocycles. The monoisotopic (exact) mass is 272 g/mol. The van der Waals surface area contributed by atoms with E-state index in [0.29, 0.717) is 11.0 Å². The molecular formula is C14H13ClN4. The molecular weight excluding hydrogens is 260 g/mol. The van der Waals surface area contributed by atoms with E-state index in [1.807, 2.05) is 44.3 Å². The quantitative estimate of drug-likeness (QED) is 0.670. The van der Waals surface area contributed by atoms with Crippen molar-refractivity contribution in [3.8, 4) is 5.82 Å². The van der Waals surface area contributed by atoms with E-state index < -0.39 is 0 Å². The Morgan fingerprint density at radius 2 is 1.95 bits per heavy atom. The van der Waals surface area contributed by atoms with Gasteiger partial charge in [0.1, 0.15) is 11.0 Å². The fraction of sp³-hybridized carbons (Fsp3) is 0.214. The summed E-state index contributed by atoms with van der Waals surface area (Å²) in [4.78, 5) is 8.77. The molecule has 3 aromatic rings. The van der Waals surface area contributed by atoms with Crippen molar-refractivity contribution in [1.82, 2.24) is 19.7 Å². The number of nitrogens with zero attached hydrogens (tertiary/aromatic N) is 4. The van der Waals surface area contributed by atoms with Crippen LogP contribution < -0.4 is 0 Å². The fourth-order valence-electron chi connectivity index (χ4n) is 1.94. The first-order chi connectivity index (χ1) is 9.15. The Hall–Kier alpha value is -1.94. The summed E-state index contributed by atoms with van der Waals surface area (Å²) < 4.78 is 1.79. The molecule has 0 radical (unpaired) electrons. The maximum atomic E-state index is 6.07. The summed E-state index contributed by atoms with van der Waals surface area (Å²) in [6, 6.07) is 9.72. The van der Waals surface area contributed by atoms with E-state index in [1.54, 1.807) is 10.7 Å². The number of rotatable bonds is 2. The highest BCUT2D eigenvalue weighted by molar-refractivity contribution is 6.29. The molecule has 2 heterocycles. The van der Waals surface area contributed by atoms with Gasteiger partial charge in [0, 0.05) is 17.4 Å². The Morgan fingerprint density at radius 1 is 1.16 bits per heavy atom. The van der Waals surface area contributed by atoms with Gasteiger partial charge in [0.05, 0.1) is 11.7 Å². The average molecular weight is 273 g/mol. The molecule has 0 aliphatic heterocycles. The Labute approximate surface area is 116 Å². The molecule has 1 aromatic carbocycles. The molecule has 0 atom stereocenters. The Bertz CT molecular complexity index is 733. The Balaban J connectivity index is 2.21. The zero-order valence-corrected chi connectivity index (χ0v) is 11.5. The molecule has 19 heavy (non-hydrogen) atoms. The molecule has 0 saturated heterocycles. The van der Waals surface area contributed by atoms with Gasteiger partial charge in [0.2, 0.25) is 0 Å². The lowest BCUT2D eigenvalue weighted by Crippen LogP contribution is -2.05. The van der Waals surface area contributed by atoms with Crippen LogP contribution in [0.3, 0.4) is 0 Å². The average Bonchev–Trinajstić information content (AvgIpc) is 2.81. The predicted molar refractivity (Wildman–Crippen MR) is 75.8 cm³/mol. The van der Waals surface area contributed by atoms with Gasteiger partial charge in [0.15, 0.2) is 5.82 Å². The molecule has 0 aliphatic carbocycles. The number of hydrogen-bond acceptors (Lipinski definition) is 3. The zero-order valence-electron chi connectivity index (χ0n) is 10.7. The summed E-state index contributed by atoms with van der Waals surface area (Å²) in [5.74, 6) is 1.64. The number of halogens is 1. The third kappa shape index (κ3) is 2.19. The lowest BCUT2D eigenvalue weighted by molar-refractivity contribution is 0.751. The second-order valence-electron chi connectivity index (χ2n) is 4.68. The second kappa shape index (κ2) is 4.63. The highest BCUT2D eigenvalue weighted by Gasteiger charge is 2.11. The summed E-state index contributed by atoms with van der Waals surface area (Å²) in [6.07, 6.45) is 1.82. The molecule has 0 amide bonds. The van der Waals surface area contributed by atoms with Gasteiger partial charge in [-0.25, -0.2) is 14.6 Å². The van der Waals surface area contributed by atoms with Crippen LogP contribution in [0.2, 0.25) is 5.15 Å². The normalized spacial score (nSPS) is 11.4. The van der Waals surface area contributed by atoms with Crippen LogP contribution in [-0.2, 0) is 0 Å². The first-order valence-electron chi connectivity index (χ1n) is 6.13. The van der Waals surface area contributed by atoms with E-state index in [0.717, 1.165) is 16.7 Å². The molecule has 0 saturated carbocycles. The number of hydrogen-bond donors (Lipinski definition) is 0.